The predicted molar refractivity (Wildman–Crippen MR) is 110 cm³/mol. The molecule has 0 N–H and O–H groups in total. The molecule has 0 aliphatic heterocycles. The minimum atomic E-state index is -0.0814. The first-order chi connectivity index (χ1) is 13.7. The Labute approximate surface area is 164 Å². The van der Waals surface area contributed by atoms with Gasteiger partial charge in [-0.1, -0.05) is 49.0 Å². The molecule has 0 atom stereocenters. The standard InChI is InChI=1S/C22H16N2O3S/c1-2-19-23-20-14-8-4-6-10-17(14)27-21(20)22(24-19)28-12-15(25)18-11-13-7-3-5-9-16(13)26-18/h3-11H,2,12H2,1H3. The van der Waals surface area contributed by atoms with E-state index in [4.69, 9.17) is 8.83 Å². The van der Waals surface area contributed by atoms with Gasteiger partial charge in [-0.25, -0.2) is 9.97 Å². The molecule has 0 saturated heterocycles. The zero-order chi connectivity index (χ0) is 19.1. The third-order valence-corrected chi connectivity index (χ3v) is 5.55. The number of thioether (sulfide) groups is 1. The molecule has 0 amide bonds. The van der Waals surface area contributed by atoms with Gasteiger partial charge in [-0.05, 0) is 24.3 Å². The van der Waals surface area contributed by atoms with E-state index in [0.29, 0.717) is 28.4 Å². The summed E-state index contributed by atoms with van der Waals surface area (Å²) in [6.45, 7) is 2.01. The summed E-state index contributed by atoms with van der Waals surface area (Å²) in [6, 6.07) is 17.2. The van der Waals surface area contributed by atoms with Crippen molar-refractivity contribution >= 4 is 50.6 Å². The van der Waals surface area contributed by atoms with E-state index in [-0.39, 0.29) is 11.5 Å². The van der Waals surface area contributed by atoms with Crippen LogP contribution in [0.15, 0.2) is 68.5 Å². The molecular weight excluding hydrogens is 372 g/mol. The van der Waals surface area contributed by atoms with Crippen molar-refractivity contribution in [1.82, 2.24) is 9.97 Å². The fourth-order valence-electron chi connectivity index (χ4n) is 3.19. The lowest BCUT2D eigenvalue weighted by atomic mass is 10.2. The number of carbonyl (C=O) groups excluding carboxylic acids is 1. The zero-order valence-corrected chi connectivity index (χ0v) is 16.0. The smallest absolute Gasteiger partial charge is 0.208 e. The number of furan rings is 2. The Balaban J connectivity index is 1.49. The highest BCUT2D eigenvalue weighted by atomic mass is 32.2. The number of aromatic nitrogens is 2. The Bertz CT molecular complexity index is 1300. The van der Waals surface area contributed by atoms with E-state index in [2.05, 4.69) is 9.97 Å². The van der Waals surface area contributed by atoms with Crippen LogP contribution in [0.2, 0.25) is 0 Å². The van der Waals surface area contributed by atoms with Gasteiger partial charge >= 0.3 is 0 Å². The van der Waals surface area contributed by atoms with Crippen LogP contribution in [0.5, 0.6) is 0 Å². The van der Waals surface area contributed by atoms with Crippen molar-refractivity contribution < 1.29 is 13.6 Å². The van der Waals surface area contributed by atoms with Crippen molar-refractivity contribution in [2.24, 2.45) is 0 Å². The molecule has 5 aromatic rings. The van der Waals surface area contributed by atoms with Crippen molar-refractivity contribution in [3.63, 3.8) is 0 Å². The molecule has 2 aromatic carbocycles. The Morgan fingerprint density at radius 1 is 1.00 bits per heavy atom. The minimum Gasteiger partial charge on any atom is -0.453 e. The van der Waals surface area contributed by atoms with Gasteiger partial charge in [0.25, 0.3) is 0 Å². The van der Waals surface area contributed by atoms with Gasteiger partial charge in [0.15, 0.2) is 11.3 Å². The van der Waals surface area contributed by atoms with E-state index in [9.17, 15) is 4.79 Å². The van der Waals surface area contributed by atoms with Gasteiger partial charge < -0.3 is 8.83 Å². The number of benzene rings is 2. The lowest BCUT2D eigenvalue weighted by Gasteiger charge is -2.03. The highest BCUT2D eigenvalue weighted by Crippen LogP contribution is 2.33. The fraction of sp³-hybridized carbons (Fsp3) is 0.136. The Kier molecular flexibility index (Phi) is 4.13. The van der Waals surface area contributed by atoms with Crippen LogP contribution in [0.25, 0.3) is 33.0 Å². The second-order valence-electron chi connectivity index (χ2n) is 6.43. The lowest BCUT2D eigenvalue weighted by Crippen LogP contribution is -2.02. The van der Waals surface area contributed by atoms with Crippen molar-refractivity contribution in [1.29, 1.82) is 0 Å². The first-order valence-electron chi connectivity index (χ1n) is 9.05. The number of nitrogens with zero attached hydrogens (tertiary/aromatic N) is 2. The Hall–Kier alpha value is -3.12. The van der Waals surface area contributed by atoms with Gasteiger partial charge in [0.1, 0.15) is 27.5 Å². The molecule has 5 nitrogen and oxygen atoms in total. The number of hydrogen-bond donors (Lipinski definition) is 0. The molecule has 0 saturated carbocycles. The fourth-order valence-corrected chi connectivity index (χ4v) is 4.04. The first kappa shape index (κ1) is 17.0. The summed E-state index contributed by atoms with van der Waals surface area (Å²) in [5.74, 6) is 1.23. The molecule has 6 heteroatoms. The molecule has 0 aliphatic rings. The topological polar surface area (TPSA) is 69.1 Å². The number of fused-ring (bicyclic) bond motifs is 4. The van der Waals surface area contributed by atoms with Crippen molar-refractivity contribution in [2.75, 3.05) is 5.75 Å². The van der Waals surface area contributed by atoms with Gasteiger partial charge in [0.2, 0.25) is 5.78 Å². The monoisotopic (exact) mass is 388 g/mol. The summed E-state index contributed by atoms with van der Waals surface area (Å²) in [5.41, 5.74) is 2.90. The van der Waals surface area contributed by atoms with E-state index in [1.807, 2.05) is 55.5 Å². The molecule has 28 heavy (non-hydrogen) atoms. The van der Waals surface area contributed by atoms with Crippen LogP contribution in [-0.2, 0) is 6.42 Å². The Morgan fingerprint density at radius 2 is 1.79 bits per heavy atom. The minimum absolute atomic E-state index is 0.0814. The maximum absolute atomic E-state index is 12.7. The van der Waals surface area contributed by atoms with Gasteiger partial charge in [0.05, 0.1) is 5.75 Å². The maximum Gasteiger partial charge on any atom is 0.208 e. The second kappa shape index (κ2) is 6.80. The van der Waals surface area contributed by atoms with Crippen molar-refractivity contribution in [3.05, 3.63) is 66.2 Å². The van der Waals surface area contributed by atoms with E-state index >= 15 is 0 Å². The van der Waals surface area contributed by atoms with Crippen LogP contribution in [0, 0.1) is 0 Å². The Morgan fingerprint density at radius 3 is 2.61 bits per heavy atom. The van der Waals surface area contributed by atoms with Gasteiger partial charge in [-0.3, -0.25) is 4.79 Å². The van der Waals surface area contributed by atoms with E-state index < -0.39 is 0 Å². The van der Waals surface area contributed by atoms with Crippen LogP contribution >= 0.6 is 11.8 Å². The third kappa shape index (κ3) is 2.86. The van der Waals surface area contributed by atoms with Gasteiger partial charge in [-0.2, -0.15) is 0 Å². The molecule has 138 valence electrons. The molecule has 0 fully saturated rings. The number of para-hydroxylation sites is 2. The maximum atomic E-state index is 12.7. The average Bonchev–Trinajstić information content (AvgIpc) is 3.33. The number of ketones is 1. The molecule has 3 aromatic heterocycles. The van der Waals surface area contributed by atoms with Crippen LogP contribution in [0.4, 0.5) is 0 Å². The predicted octanol–water partition coefficient (Wildman–Crippen LogP) is 5.66. The number of hydrogen-bond acceptors (Lipinski definition) is 6. The normalized spacial score (nSPS) is 11.6. The van der Waals surface area contributed by atoms with Crippen molar-refractivity contribution in [2.45, 2.75) is 18.4 Å². The zero-order valence-electron chi connectivity index (χ0n) is 15.1. The molecule has 5 rings (SSSR count). The summed E-state index contributed by atoms with van der Waals surface area (Å²) in [7, 11) is 0. The third-order valence-electron chi connectivity index (χ3n) is 4.59. The number of Topliss-reactive ketones (excluding diaryl/α,β-unsaturated/α-hetero) is 1. The number of aryl methyl sites for hydroxylation is 1. The first-order valence-corrected chi connectivity index (χ1v) is 10.0. The molecule has 0 spiro atoms. The van der Waals surface area contributed by atoms with Crippen LogP contribution in [0.3, 0.4) is 0 Å². The highest BCUT2D eigenvalue weighted by molar-refractivity contribution is 8.00. The van der Waals surface area contributed by atoms with E-state index in [1.54, 1.807) is 6.07 Å². The van der Waals surface area contributed by atoms with Crippen LogP contribution < -0.4 is 0 Å². The molecule has 3 heterocycles. The van der Waals surface area contributed by atoms with Crippen LogP contribution in [0.1, 0.15) is 23.3 Å². The number of rotatable bonds is 5. The molecule has 0 radical (unpaired) electrons. The van der Waals surface area contributed by atoms with E-state index in [1.165, 1.54) is 11.8 Å². The number of carbonyl (C=O) groups is 1. The summed E-state index contributed by atoms with van der Waals surface area (Å²) in [5, 5.41) is 2.56. The highest BCUT2D eigenvalue weighted by Gasteiger charge is 2.18. The molecule has 0 unspecified atom stereocenters. The summed E-state index contributed by atoms with van der Waals surface area (Å²) in [4.78, 5) is 21.9. The second-order valence-corrected chi connectivity index (χ2v) is 7.40. The van der Waals surface area contributed by atoms with Gasteiger partial charge in [0, 0.05) is 17.2 Å². The average molecular weight is 388 g/mol. The lowest BCUT2D eigenvalue weighted by molar-refractivity contribution is 0.0994. The van der Waals surface area contributed by atoms with Crippen molar-refractivity contribution in [3.8, 4) is 0 Å². The SMILES string of the molecule is CCc1nc(SCC(=O)c2cc3ccccc3o2)c2oc3ccccc3c2n1. The van der Waals surface area contributed by atoms with Gasteiger partial charge in [-0.15, -0.1) is 0 Å². The molecule has 0 aliphatic carbocycles. The van der Waals surface area contributed by atoms with E-state index in [0.717, 1.165) is 27.7 Å². The summed E-state index contributed by atoms with van der Waals surface area (Å²) >= 11 is 1.35. The van der Waals surface area contributed by atoms with Crippen LogP contribution in [-0.4, -0.2) is 21.5 Å². The largest absolute Gasteiger partial charge is 0.453 e. The summed E-state index contributed by atoms with van der Waals surface area (Å²) in [6.07, 6.45) is 0.709. The summed E-state index contributed by atoms with van der Waals surface area (Å²) < 4.78 is 11.7. The molecular formula is C22H16N2O3S. The quantitative estimate of drug-likeness (QED) is 0.220. The molecule has 0 bridgehead atoms.